The molecular weight excluding hydrogens is 194 g/mol. The monoisotopic (exact) mass is 212 g/mol. The summed E-state index contributed by atoms with van der Waals surface area (Å²) in [6.45, 7) is 4.67. The Labute approximate surface area is 80.2 Å². The van der Waals surface area contributed by atoms with E-state index in [1.54, 1.807) is 0 Å². The molecule has 0 bridgehead atoms. The van der Waals surface area contributed by atoms with Gasteiger partial charge in [-0.15, -0.1) is 0 Å². The van der Waals surface area contributed by atoms with E-state index in [1.165, 1.54) is 0 Å². The second-order valence-corrected chi connectivity index (χ2v) is 4.54. The first kappa shape index (κ1) is 15.1. The van der Waals surface area contributed by atoms with Gasteiger partial charge >= 0.3 is 10.4 Å². The summed E-state index contributed by atoms with van der Waals surface area (Å²) in [4.78, 5) is 0. The third-order valence-electron chi connectivity index (χ3n) is 0.887. The highest BCUT2D eigenvalue weighted by atomic mass is 32.3. The lowest BCUT2D eigenvalue weighted by atomic mass is 10.5. The van der Waals surface area contributed by atoms with Gasteiger partial charge in [0.2, 0.25) is 0 Å². The van der Waals surface area contributed by atoms with Crippen molar-refractivity contribution in [3.63, 3.8) is 0 Å². The minimum absolute atomic E-state index is 0.870. The molecule has 0 fully saturated rings. The van der Waals surface area contributed by atoms with Crippen molar-refractivity contribution in [3.8, 4) is 0 Å². The normalized spacial score (nSPS) is 11.5. The predicted octanol–water partition coefficient (Wildman–Crippen LogP) is 0.314. The van der Waals surface area contributed by atoms with Gasteiger partial charge < -0.3 is 4.48 Å². The smallest absolute Gasteiger partial charge is 0.328 e. The fourth-order valence-corrected chi connectivity index (χ4v) is 0.387. The minimum Gasteiger partial charge on any atom is -0.328 e. The molecule has 0 aliphatic heterocycles. The van der Waals surface area contributed by atoms with Crippen LogP contribution in [0.3, 0.4) is 0 Å². The van der Waals surface area contributed by atoms with Crippen molar-refractivity contribution >= 4 is 10.4 Å². The second kappa shape index (κ2) is 6.09. The molecule has 0 spiro atoms. The molecule has 5 nitrogen and oxygen atoms in total. The van der Waals surface area contributed by atoms with Crippen LogP contribution in [-0.4, -0.2) is 52.3 Å². The molecule has 0 unspecified atom stereocenters. The fourth-order valence-electron chi connectivity index (χ4n) is 0.387. The summed E-state index contributed by atoms with van der Waals surface area (Å²) in [6, 6.07) is 0. The Morgan fingerprint density at radius 1 is 1.46 bits per heavy atom. The zero-order valence-corrected chi connectivity index (χ0v) is 9.34. The van der Waals surface area contributed by atoms with Gasteiger partial charge in [-0.3, -0.25) is 8.74 Å². The standard InChI is InChI=1S/C6H14N.CH4O4S/c1-5-6-7(2,3)4;1-5-6(2,3)4/h5H,1,6H2,2-4H3;1H3,(H,2,3,4)/q+1;. The van der Waals surface area contributed by atoms with E-state index < -0.39 is 10.4 Å². The summed E-state index contributed by atoms with van der Waals surface area (Å²) in [5, 5.41) is 0. The summed E-state index contributed by atoms with van der Waals surface area (Å²) < 4.78 is 30.7. The summed E-state index contributed by atoms with van der Waals surface area (Å²) in [7, 11) is 3.13. The van der Waals surface area contributed by atoms with E-state index in [0.29, 0.717) is 0 Å². The van der Waals surface area contributed by atoms with Gasteiger partial charge in [-0.2, -0.15) is 8.42 Å². The molecule has 0 aliphatic carbocycles. The quantitative estimate of drug-likeness (QED) is 0.415. The van der Waals surface area contributed by atoms with E-state index in [2.05, 4.69) is 31.9 Å². The molecule has 0 aromatic heterocycles. The zero-order chi connectivity index (χ0) is 11.1. The Balaban J connectivity index is 0. The van der Waals surface area contributed by atoms with Gasteiger partial charge in [0.05, 0.1) is 34.8 Å². The van der Waals surface area contributed by atoms with Crippen LogP contribution < -0.4 is 0 Å². The Bertz CT molecular complexity index is 227. The number of likely N-dealkylation sites (N-methyl/N-ethyl adjacent to an activating group) is 1. The molecule has 0 rings (SSSR count). The average molecular weight is 212 g/mol. The zero-order valence-electron chi connectivity index (χ0n) is 8.52. The second-order valence-electron chi connectivity index (χ2n) is 3.36. The SMILES string of the molecule is C=CC[N+](C)(C)C.COS(=O)(=O)O. The average Bonchev–Trinajstić information content (AvgIpc) is 1.84. The first-order chi connectivity index (χ1) is 5.62. The van der Waals surface area contributed by atoms with Crippen LogP contribution in [0.25, 0.3) is 0 Å². The summed E-state index contributed by atoms with van der Waals surface area (Å²) in [6.07, 6.45) is 1.93. The molecule has 0 saturated heterocycles. The van der Waals surface area contributed by atoms with Gasteiger partial charge in [0.15, 0.2) is 0 Å². The maximum absolute atomic E-state index is 9.33. The van der Waals surface area contributed by atoms with Crippen LogP contribution in [0.2, 0.25) is 0 Å². The van der Waals surface area contributed by atoms with E-state index in [4.69, 9.17) is 4.55 Å². The maximum Gasteiger partial charge on any atom is 0.397 e. The molecule has 80 valence electrons. The minimum atomic E-state index is -4.16. The molecule has 0 aromatic carbocycles. The first-order valence-corrected chi connectivity index (χ1v) is 4.93. The topological polar surface area (TPSA) is 63.6 Å². The van der Waals surface area contributed by atoms with Gasteiger partial charge in [0.25, 0.3) is 0 Å². The number of rotatable bonds is 3. The van der Waals surface area contributed by atoms with Crippen molar-refractivity contribution in [2.75, 3.05) is 34.8 Å². The van der Waals surface area contributed by atoms with Crippen molar-refractivity contribution in [3.05, 3.63) is 12.7 Å². The lowest BCUT2D eigenvalue weighted by Gasteiger charge is -2.21. The van der Waals surface area contributed by atoms with Crippen LogP contribution in [0.5, 0.6) is 0 Å². The van der Waals surface area contributed by atoms with Crippen molar-refractivity contribution in [2.45, 2.75) is 0 Å². The third-order valence-corrected chi connectivity index (χ3v) is 1.31. The molecule has 1 N–H and O–H groups in total. The molecule has 0 heterocycles. The lowest BCUT2D eigenvalue weighted by Crippen LogP contribution is -2.33. The van der Waals surface area contributed by atoms with E-state index in [1.807, 2.05) is 6.08 Å². The van der Waals surface area contributed by atoms with Gasteiger partial charge in [0, 0.05) is 0 Å². The molecule has 0 aliphatic rings. The van der Waals surface area contributed by atoms with E-state index in [-0.39, 0.29) is 0 Å². The van der Waals surface area contributed by atoms with Gasteiger partial charge in [0.1, 0.15) is 0 Å². The van der Waals surface area contributed by atoms with Crippen LogP contribution in [0, 0.1) is 0 Å². The molecule has 0 saturated carbocycles. The van der Waals surface area contributed by atoms with Crippen molar-refractivity contribution in [1.82, 2.24) is 0 Å². The van der Waals surface area contributed by atoms with Crippen molar-refractivity contribution in [1.29, 1.82) is 0 Å². The van der Waals surface area contributed by atoms with Crippen molar-refractivity contribution < 1.29 is 21.6 Å². The lowest BCUT2D eigenvalue weighted by molar-refractivity contribution is -0.864. The van der Waals surface area contributed by atoms with Gasteiger partial charge in [-0.25, -0.2) is 0 Å². The molecule has 13 heavy (non-hydrogen) atoms. The highest BCUT2D eigenvalue weighted by Gasteiger charge is 1.99. The van der Waals surface area contributed by atoms with Crippen molar-refractivity contribution in [2.24, 2.45) is 0 Å². The third kappa shape index (κ3) is 24.5. The van der Waals surface area contributed by atoms with Crippen LogP contribution in [-0.2, 0) is 14.6 Å². The Morgan fingerprint density at radius 2 is 1.77 bits per heavy atom. The highest BCUT2D eigenvalue weighted by molar-refractivity contribution is 7.80. The molecule has 0 amide bonds. The largest absolute Gasteiger partial charge is 0.397 e. The van der Waals surface area contributed by atoms with Crippen LogP contribution in [0.1, 0.15) is 0 Å². The van der Waals surface area contributed by atoms with E-state index >= 15 is 0 Å². The molecule has 0 aromatic rings. The highest BCUT2D eigenvalue weighted by Crippen LogP contribution is 1.86. The van der Waals surface area contributed by atoms with E-state index in [0.717, 1.165) is 18.1 Å². The number of nitrogens with zero attached hydrogens (tertiary/aromatic N) is 1. The number of hydrogen-bond donors (Lipinski definition) is 1. The van der Waals surface area contributed by atoms with E-state index in [9.17, 15) is 8.42 Å². The summed E-state index contributed by atoms with van der Waals surface area (Å²) >= 11 is 0. The van der Waals surface area contributed by atoms with Gasteiger partial charge in [-0.05, 0) is 6.08 Å². The fraction of sp³-hybridized carbons (Fsp3) is 0.714. The Morgan fingerprint density at radius 3 is 1.77 bits per heavy atom. The molecule has 0 atom stereocenters. The summed E-state index contributed by atoms with van der Waals surface area (Å²) in [5.41, 5.74) is 0. The first-order valence-electron chi connectivity index (χ1n) is 3.57. The Kier molecular flexibility index (Phi) is 7.05. The predicted molar refractivity (Wildman–Crippen MR) is 51.7 cm³/mol. The molecule has 0 radical (unpaired) electrons. The van der Waals surface area contributed by atoms with Crippen LogP contribution in [0.4, 0.5) is 0 Å². The maximum atomic E-state index is 9.33. The Hall–Kier alpha value is -0.430. The molecule has 6 heteroatoms. The molecular formula is C7H18NO4S+. The van der Waals surface area contributed by atoms with Gasteiger partial charge in [-0.1, -0.05) is 6.58 Å². The van der Waals surface area contributed by atoms with Crippen LogP contribution >= 0.6 is 0 Å². The number of hydrogen-bond acceptors (Lipinski definition) is 3. The number of quaternary nitrogens is 1. The summed E-state index contributed by atoms with van der Waals surface area (Å²) in [5.74, 6) is 0. The van der Waals surface area contributed by atoms with Crippen LogP contribution in [0.15, 0.2) is 12.7 Å².